The second-order valence-corrected chi connectivity index (χ2v) is 6.17. The van der Waals surface area contributed by atoms with Gasteiger partial charge in [-0.3, -0.25) is 5.10 Å². The summed E-state index contributed by atoms with van der Waals surface area (Å²) in [6.45, 7) is 8.67. The molecule has 2 heterocycles. The van der Waals surface area contributed by atoms with E-state index in [1.807, 2.05) is 0 Å². The van der Waals surface area contributed by atoms with Gasteiger partial charge in [0.05, 0.1) is 10.6 Å². The Labute approximate surface area is 106 Å². The Balaban J connectivity index is 2.45. The molecule has 4 heteroatoms. The summed E-state index contributed by atoms with van der Waals surface area (Å²) in [6, 6.07) is 2.21. The molecule has 0 amide bonds. The van der Waals surface area contributed by atoms with E-state index in [0.717, 1.165) is 17.7 Å². The van der Waals surface area contributed by atoms with Crippen LogP contribution in [0.15, 0.2) is 6.07 Å². The van der Waals surface area contributed by atoms with Crippen molar-refractivity contribution in [1.29, 1.82) is 0 Å². The average molecular weight is 249 g/mol. The molecule has 0 unspecified atom stereocenters. The minimum atomic E-state index is 0.579. The zero-order valence-corrected chi connectivity index (χ0v) is 11.6. The van der Waals surface area contributed by atoms with E-state index in [2.05, 4.69) is 44.0 Å². The first-order chi connectivity index (χ1) is 7.99. The van der Waals surface area contributed by atoms with Gasteiger partial charge in [-0.25, -0.2) is 0 Å². The lowest BCUT2D eigenvalue weighted by molar-refractivity contribution is 0.649. The van der Waals surface area contributed by atoms with Gasteiger partial charge in [0.15, 0.2) is 0 Å². The van der Waals surface area contributed by atoms with E-state index in [0.29, 0.717) is 11.7 Å². The molecular weight excluding hydrogens is 230 g/mol. The second kappa shape index (κ2) is 4.53. The first-order valence-corrected chi connectivity index (χ1v) is 6.70. The number of H-pyrrole nitrogens is 1. The predicted molar refractivity (Wildman–Crippen MR) is 74.3 cm³/mol. The van der Waals surface area contributed by atoms with Gasteiger partial charge in [0.25, 0.3) is 0 Å². The zero-order chi connectivity index (χ0) is 12.6. The number of aromatic nitrogens is 2. The van der Waals surface area contributed by atoms with Gasteiger partial charge in [-0.05, 0) is 37.8 Å². The Morgan fingerprint density at radius 2 is 2.12 bits per heavy atom. The molecule has 0 radical (unpaired) electrons. The molecule has 0 saturated carbocycles. The van der Waals surface area contributed by atoms with Gasteiger partial charge in [-0.2, -0.15) is 5.10 Å². The van der Waals surface area contributed by atoms with E-state index in [4.69, 9.17) is 5.73 Å². The minimum absolute atomic E-state index is 0.579. The van der Waals surface area contributed by atoms with E-state index in [-0.39, 0.29) is 0 Å². The molecule has 92 valence electrons. The lowest BCUT2D eigenvalue weighted by atomic mass is 10.0. The molecule has 2 aromatic rings. The standard InChI is InChI=1S/C13H19N3S/c1-7(2)5-10-12(15-16-13(10)14)11-6-8(3)9(4)17-11/h6-7H,5H2,1-4H3,(H3,14,15,16). The van der Waals surface area contributed by atoms with E-state index in [1.54, 1.807) is 11.3 Å². The SMILES string of the molecule is Cc1cc(-c2[nH]nc(N)c2CC(C)C)sc1C. The zero-order valence-electron chi connectivity index (χ0n) is 10.8. The molecule has 3 nitrogen and oxygen atoms in total. The number of nitrogens with zero attached hydrogens (tertiary/aromatic N) is 1. The Bertz CT molecular complexity index is 503. The molecule has 0 aliphatic heterocycles. The van der Waals surface area contributed by atoms with Crippen LogP contribution in [0.25, 0.3) is 10.6 Å². The fourth-order valence-corrected chi connectivity index (χ4v) is 2.95. The van der Waals surface area contributed by atoms with Gasteiger partial charge in [0.1, 0.15) is 5.82 Å². The maximum atomic E-state index is 5.93. The van der Waals surface area contributed by atoms with Crippen LogP contribution in [-0.2, 0) is 6.42 Å². The number of rotatable bonds is 3. The highest BCUT2D eigenvalue weighted by Gasteiger charge is 2.15. The number of nitrogen functional groups attached to an aromatic ring is 1. The number of anilines is 1. The molecule has 0 aliphatic carbocycles. The summed E-state index contributed by atoms with van der Waals surface area (Å²) in [5.74, 6) is 1.22. The highest BCUT2D eigenvalue weighted by molar-refractivity contribution is 7.15. The van der Waals surface area contributed by atoms with E-state index >= 15 is 0 Å². The number of nitrogens with one attached hydrogen (secondary N) is 1. The molecular formula is C13H19N3S. The monoisotopic (exact) mass is 249 g/mol. The first-order valence-electron chi connectivity index (χ1n) is 5.89. The van der Waals surface area contributed by atoms with E-state index < -0.39 is 0 Å². The van der Waals surface area contributed by atoms with Crippen molar-refractivity contribution >= 4 is 17.2 Å². The summed E-state index contributed by atoms with van der Waals surface area (Å²) in [7, 11) is 0. The quantitative estimate of drug-likeness (QED) is 0.874. The summed E-state index contributed by atoms with van der Waals surface area (Å²) >= 11 is 1.80. The molecule has 0 atom stereocenters. The summed E-state index contributed by atoms with van der Waals surface area (Å²) < 4.78 is 0. The summed E-state index contributed by atoms with van der Waals surface area (Å²) in [5.41, 5.74) is 9.51. The van der Waals surface area contributed by atoms with Gasteiger partial charge in [-0.1, -0.05) is 13.8 Å². The topological polar surface area (TPSA) is 54.7 Å². The lowest BCUT2D eigenvalue weighted by Crippen LogP contribution is -1.98. The molecule has 0 bridgehead atoms. The van der Waals surface area contributed by atoms with Gasteiger partial charge in [0.2, 0.25) is 0 Å². The Kier molecular flexibility index (Phi) is 3.24. The van der Waals surface area contributed by atoms with Crippen LogP contribution in [-0.4, -0.2) is 10.2 Å². The van der Waals surface area contributed by atoms with E-state index in [9.17, 15) is 0 Å². The summed E-state index contributed by atoms with van der Waals surface area (Å²) in [6.07, 6.45) is 0.966. The number of thiophene rings is 1. The van der Waals surface area contributed by atoms with Crippen molar-refractivity contribution in [3.8, 4) is 10.6 Å². The molecule has 0 spiro atoms. The lowest BCUT2D eigenvalue weighted by Gasteiger charge is -2.05. The Hall–Kier alpha value is -1.29. The van der Waals surface area contributed by atoms with E-state index in [1.165, 1.54) is 15.3 Å². The molecule has 0 aromatic carbocycles. The summed E-state index contributed by atoms with van der Waals surface area (Å²) in [5, 5.41) is 7.22. The largest absolute Gasteiger partial charge is 0.382 e. The molecule has 0 fully saturated rings. The number of nitrogens with two attached hydrogens (primary N) is 1. The molecule has 17 heavy (non-hydrogen) atoms. The third-order valence-electron chi connectivity index (χ3n) is 2.92. The maximum absolute atomic E-state index is 5.93. The number of hydrogen-bond donors (Lipinski definition) is 2. The normalized spacial score (nSPS) is 11.4. The van der Waals surface area contributed by atoms with Crippen LogP contribution in [0.1, 0.15) is 29.9 Å². The maximum Gasteiger partial charge on any atom is 0.149 e. The molecule has 0 aliphatic rings. The van der Waals surface area contributed by atoms with Crippen LogP contribution in [0.3, 0.4) is 0 Å². The van der Waals surface area contributed by atoms with Crippen molar-refractivity contribution in [1.82, 2.24) is 10.2 Å². The third kappa shape index (κ3) is 2.36. The van der Waals surface area contributed by atoms with Crippen molar-refractivity contribution in [3.05, 3.63) is 22.1 Å². The first kappa shape index (κ1) is 12.2. The predicted octanol–water partition coefficient (Wildman–Crippen LogP) is 3.54. The fraction of sp³-hybridized carbons (Fsp3) is 0.462. The van der Waals surface area contributed by atoms with Crippen molar-refractivity contribution < 1.29 is 0 Å². The van der Waals surface area contributed by atoms with Crippen LogP contribution in [0.2, 0.25) is 0 Å². The molecule has 2 aromatic heterocycles. The summed E-state index contributed by atoms with van der Waals surface area (Å²) in [4.78, 5) is 2.59. The van der Waals surface area contributed by atoms with Crippen LogP contribution < -0.4 is 5.73 Å². The molecule has 0 saturated heterocycles. The van der Waals surface area contributed by atoms with Crippen LogP contribution in [0.5, 0.6) is 0 Å². The Morgan fingerprint density at radius 3 is 2.65 bits per heavy atom. The van der Waals surface area contributed by atoms with Crippen molar-refractivity contribution in [3.63, 3.8) is 0 Å². The average Bonchev–Trinajstić information content (AvgIpc) is 2.73. The van der Waals surface area contributed by atoms with Crippen molar-refractivity contribution in [2.75, 3.05) is 5.73 Å². The molecule has 3 N–H and O–H groups in total. The highest BCUT2D eigenvalue weighted by Crippen LogP contribution is 2.34. The fourth-order valence-electron chi connectivity index (χ4n) is 1.89. The van der Waals surface area contributed by atoms with Crippen LogP contribution in [0.4, 0.5) is 5.82 Å². The third-order valence-corrected chi connectivity index (χ3v) is 4.09. The van der Waals surface area contributed by atoms with Crippen molar-refractivity contribution in [2.45, 2.75) is 34.1 Å². The van der Waals surface area contributed by atoms with Crippen LogP contribution in [0, 0.1) is 19.8 Å². The molecule has 2 rings (SSSR count). The van der Waals surface area contributed by atoms with Gasteiger partial charge in [0, 0.05) is 10.4 Å². The minimum Gasteiger partial charge on any atom is -0.382 e. The number of hydrogen-bond acceptors (Lipinski definition) is 3. The smallest absolute Gasteiger partial charge is 0.149 e. The second-order valence-electron chi connectivity index (χ2n) is 4.91. The van der Waals surface area contributed by atoms with Crippen molar-refractivity contribution in [2.24, 2.45) is 5.92 Å². The highest BCUT2D eigenvalue weighted by atomic mass is 32.1. The number of aromatic amines is 1. The Morgan fingerprint density at radius 1 is 1.41 bits per heavy atom. The van der Waals surface area contributed by atoms with Gasteiger partial charge < -0.3 is 5.73 Å². The van der Waals surface area contributed by atoms with Gasteiger partial charge >= 0.3 is 0 Å². The van der Waals surface area contributed by atoms with Gasteiger partial charge in [-0.15, -0.1) is 11.3 Å². The van der Waals surface area contributed by atoms with Crippen LogP contribution >= 0.6 is 11.3 Å². The number of aryl methyl sites for hydroxylation is 2.